The first-order chi connectivity index (χ1) is 12.2. The Labute approximate surface area is 148 Å². The minimum absolute atomic E-state index is 0.0980. The van der Waals surface area contributed by atoms with E-state index in [1.54, 1.807) is 0 Å². The average Bonchev–Trinajstić information content (AvgIpc) is 2.93. The molecule has 0 atom stereocenters. The van der Waals surface area contributed by atoms with E-state index in [1.807, 2.05) is 19.2 Å². The van der Waals surface area contributed by atoms with Gasteiger partial charge in [-0.2, -0.15) is 0 Å². The van der Waals surface area contributed by atoms with Crippen LogP contribution in [0.25, 0.3) is 10.9 Å². The van der Waals surface area contributed by atoms with Crippen LogP contribution in [0.4, 0.5) is 0 Å². The molecule has 4 rings (SSSR count). The summed E-state index contributed by atoms with van der Waals surface area (Å²) in [4.78, 5) is 6.79. The van der Waals surface area contributed by atoms with Crippen LogP contribution in [0.1, 0.15) is 28.1 Å². The predicted octanol–water partition coefficient (Wildman–Crippen LogP) is 3.07. The molecule has 0 saturated carbocycles. The predicted molar refractivity (Wildman–Crippen MR) is 101 cm³/mol. The van der Waals surface area contributed by atoms with Crippen molar-refractivity contribution in [3.8, 4) is 0 Å². The molecule has 3 aromatic rings. The van der Waals surface area contributed by atoms with Crippen molar-refractivity contribution in [1.29, 1.82) is 0 Å². The van der Waals surface area contributed by atoms with Crippen LogP contribution >= 0.6 is 0 Å². The van der Waals surface area contributed by atoms with Gasteiger partial charge in [-0.1, -0.05) is 12.1 Å². The van der Waals surface area contributed by atoms with E-state index in [0.717, 1.165) is 43.7 Å². The smallest absolute Gasteiger partial charge is 0.0682 e. The number of nitrogens with zero attached hydrogens (tertiary/aromatic N) is 3. The van der Waals surface area contributed by atoms with Gasteiger partial charge in [-0.15, -0.1) is 0 Å². The van der Waals surface area contributed by atoms with E-state index in [2.05, 4.69) is 45.8 Å². The zero-order valence-electron chi connectivity index (χ0n) is 15.0. The average molecular weight is 335 g/mol. The van der Waals surface area contributed by atoms with Gasteiger partial charge in [0.25, 0.3) is 0 Å². The third-order valence-electron chi connectivity index (χ3n) is 5.29. The quantitative estimate of drug-likeness (QED) is 0.797. The molecule has 4 nitrogen and oxygen atoms in total. The van der Waals surface area contributed by atoms with Gasteiger partial charge in [0, 0.05) is 54.5 Å². The van der Waals surface area contributed by atoms with E-state index in [4.69, 9.17) is 0 Å². The number of hydrogen-bond donors (Lipinski definition) is 1. The van der Waals surface area contributed by atoms with Crippen LogP contribution < -0.4 is 0 Å². The van der Waals surface area contributed by atoms with Crippen LogP contribution in [0, 0.1) is 6.92 Å². The number of aromatic nitrogens is 2. The largest absolute Gasteiger partial charge is 0.392 e. The Morgan fingerprint density at radius 1 is 1.16 bits per heavy atom. The van der Waals surface area contributed by atoms with Gasteiger partial charge >= 0.3 is 0 Å². The Kier molecular flexibility index (Phi) is 4.32. The molecule has 0 unspecified atom stereocenters. The third-order valence-corrected chi connectivity index (χ3v) is 5.29. The molecule has 0 fully saturated rings. The fourth-order valence-electron chi connectivity index (χ4n) is 3.87. The van der Waals surface area contributed by atoms with E-state index >= 15 is 0 Å². The van der Waals surface area contributed by atoms with Crippen LogP contribution in [-0.4, -0.2) is 33.1 Å². The topological polar surface area (TPSA) is 41.3 Å². The van der Waals surface area contributed by atoms with Gasteiger partial charge in [0.1, 0.15) is 0 Å². The molecule has 0 amide bonds. The monoisotopic (exact) mass is 335 g/mol. The number of rotatable bonds is 4. The maximum absolute atomic E-state index is 9.51. The number of aryl methyl sites for hydroxylation is 3. The number of benzene rings is 1. The fourth-order valence-corrected chi connectivity index (χ4v) is 3.87. The summed E-state index contributed by atoms with van der Waals surface area (Å²) >= 11 is 0. The van der Waals surface area contributed by atoms with E-state index in [9.17, 15) is 5.11 Å². The van der Waals surface area contributed by atoms with E-state index in [1.165, 1.54) is 27.7 Å². The number of fused-ring (bicyclic) bond motifs is 3. The molecule has 3 heterocycles. The summed E-state index contributed by atoms with van der Waals surface area (Å²) in [5, 5.41) is 10.8. The van der Waals surface area contributed by atoms with Gasteiger partial charge in [0.05, 0.1) is 6.61 Å². The lowest BCUT2D eigenvalue weighted by atomic mass is 10.0. The second-order valence-electron chi connectivity index (χ2n) is 7.13. The highest BCUT2D eigenvalue weighted by molar-refractivity contribution is 5.86. The number of likely N-dealkylation sites (N-methyl/N-ethyl adjacent to an activating group) is 1. The Bertz CT molecular complexity index is 896. The van der Waals surface area contributed by atoms with Crippen LogP contribution in [0.2, 0.25) is 0 Å². The lowest BCUT2D eigenvalue weighted by Gasteiger charge is -2.24. The Morgan fingerprint density at radius 3 is 2.76 bits per heavy atom. The third kappa shape index (κ3) is 3.08. The van der Waals surface area contributed by atoms with Crippen molar-refractivity contribution in [3.05, 3.63) is 64.6 Å². The molecule has 1 aromatic carbocycles. The molecule has 0 radical (unpaired) electrons. The summed E-state index contributed by atoms with van der Waals surface area (Å²) in [6, 6.07) is 10.6. The summed E-state index contributed by atoms with van der Waals surface area (Å²) in [5.74, 6) is 0. The minimum atomic E-state index is 0.0980. The highest BCUT2D eigenvalue weighted by Crippen LogP contribution is 2.31. The summed E-state index contributed by atoms with van der Waals surface area (Å²) in [6.45, 7) is 5.18. The van der Waals surface area contributed by atoms with Gasteiger partial charge in [0.2, 0.25) is 0 Å². The first kappa shape index (κ1) is 16.3. The van der Waals surface area contributed by atoms with Crippen LogP contribution in [0.15, 0.2) is 36.5 Å². The summed E-state index contributed by atoms with van der Waals surface area (Å²) in [5.41, 5.74) is 7.51. The molecule has 0 bridgehead atoms. The van der Waals surface area contributed by atoms with Crippen molar-refractivity contribution < 1.29 is 5.11 Å². The van der Waals surface area contributed by atoms with Crippen molar-refractivity contribution in [2.24, 2.45) is 0 Å². The van der Waals surface area contributed by atoms with Gasteiger partial charge < -0.3 is 14.6 Å². The van der Waals surface area contributed by atoms with Crippen LogP contribution in [0.3, 0.4) is 0 Å². The van der Waals surface area contributed by atoms with Crippen molar-refractivity contribution >= 4 is 10.9 Å². The minimum Gasteiger partial charge on any atom is -0.392 e. The summed E-state index contributed by atoms with van der Waals surface area (Å²) < 4.78 is 2.48. The maximum Gasteiger partial charge on any atom is 0.0682 e. The molecule has 1 N–H and O–H groups in total. The van der Waals surface area contributed by atoms with Crippen LogP contribution in [-0.2, 0) is 32.5 Å². The summed E-state index contributed by atoms with van der Waals surface area (Å²) in [6.07, 6.45) is 4.06. The summed E-state index contributed by atoms with van der Waals surface area (Å²) in [7, 11) is 2.18. The zero-order chi connectivity index (χ0) is 17.4. The van der Waals surface area contributed by atoms with E-state index in [-0.39, 0.29) is 6.61 Å². The first-order valence-corrected chi connectivity index (χ1v) is 8.99. The molecule has 0 spiro atoms. The fraction of sp³-hybridized carbons (Fsp3) is 0.381. The highest BCUT2D eigenvalue weighted by Gasteiger charge is 2.22. The Balaban J connectivity index is 1.73. The lowest BCUT2D eigenvalue weighted by Crippen LogP contribution is -2.27. The number of aliphatic hydroxyl groups is 1. The van der Waals surface area contributed by atoms with Crippen molar-refractivity contribution in [2.45, 2.75) is 39.5 Å². The molecular formula is C21H25N3O. The van der Waals surface area contributed by atoms with Gasteiger partial charge in [-0.05, 0) is 55.3 Å². The molecule has 2 aromatic heterocycles. The standard InChI is InChI=1S/C21H25N3O/c1-15-3-4-16(12-22-15)7-10-24-20-6-5-17(14-25)11-18(20)19-13-23(2)9-8-21(19)24/h3-6,11-12,25H,7-10,13-14H2,1-2H3. The second-order valence-corrected chi connectivity index (χ2v) is 7.13. The number of pyridine rings is 1. The van der Waals surface area contributed by atoms with Crippen molar-refractivity contribution in [3.63, 3.8) is 0 Å². The molecule has 0 aliphatic carbocycles. The first-order valence-electron chi connectivity index (χ1n) is 8.99. The van der Waals surface area contributed by atoms with E-state index in [0.29, 0.717) is 0 Å². The molecule has 0 saturated heterocycles. The van der Waals surface area contributed by atoms with Gasteiger partial charge in [0.15, 0.2) is 0 Å². The van der Waals surface area contributed by atoms with Gasteiger partial charge in [-0.3, -0.25) is 4.98 Å². The van der Waals surface area contributed by atoms with Crippen LogP contribution in [0.5, 0.6) is 0 Å². The second kappa shape index (κ2) is 6.62. The van der Waals surface area contributed by atoms with E-state index < -0.39 is 0 Å². The molecule has 25 heavy (non-hydrogen) atoms. The lowest BCUT2D eigenvalue weighted by molar-refractivity contribution is 0.282. The van der Waals surface area contributed by atoms with Gasteiger partial charge in [-0.25, -0.2) is 0 Å². The SMILES string of the molecule is Cc1ccc(CCn2c3c(c4cc(CO)ccc42)CN(C)CC3)cn1. The normalized spacial score (nSPS) is 14.8. The molecule has 1 aliphatic rings. The maximum atomic E-state index is 9.51. The zero-order valence-corrected chi connectivity index (χ0v) is 15.0. The molecule has 1 aliphatic heterocycles. The Hall–Kier alpha value is -2.17. The molecule has 4 heteroatoms. The molecular weight excluding hydrogens is 310 g/mol. The van der Waals surface area contributed by atoms with Crippen molar-refractivity contribution in [1.82, 2.24) is 14.5 Å². The number of aliphatic hydroxyl groups excluding tert-OH is 1. The Morgan fingerprint density at radius 2 is 2.00 bits per heavy atom. The molecule has 130 valence electrons. The number of hydrogen-bond acceptors (Lipinski definition) is 3. The van der Waals surface area contributed by atoms with Crippen molar-refractivity contribution in [2.75, 3.05) is 13.6 Å². The highest BCUT2D eigenvalue weighted by atomic mass is 16.3.